The van der Waals surface area contributed by atoms with Crippen LogP contribution >= 0.6 is 0 Å². The van der Waals surface area contributed by atoms with Gasteiger partial charge in [-0.1, -0.05) is 61.5 Å². The van der Waals surface area contributed by atoms with Crippen LogP contribution in [-0.4, -0.2) is 0 Å². The molecule has 0 amide bonds. The summed E-state index contributed by atoms with van der Waals surface area (Å²) in [6.45, 7) is 2.21. The predicted octanol–water partition coefficient (Wildman–Crippen LogP) is 4.42. The zero-order valence-corrected chi connectivity index (χ0v) is 10.5. The van der Waals surface area contributed by atoms with Crippen molar-refractivity contribution < 1.29 is 0 Å². The van der Waals surface area contributed by atoms with Crippen molar-refractivity contribution in [1.82, 2.24) is 0 Å². The molecule has 2 rings (SSSR count). The lowest BCUT2D eigenvalue weighted by Crippen LogP contribution is -1.91. The molecule has 0 aliphatic carbocycles. The summed E-state index contributed by atoms with van der Waals surface area (Å²) in [5.74, 6) is 0. The minimum absolute atomic E-state index is 1.13. The average Bonchev–Trinajstić information content (AvgIpc) is 2.40. The summed E-state index contributed by atoms with van der Waals surface area (Å²) in [5.41, 5.74) is 4.36. The van der Waals surface area contributed by atoms with Gasteiger partial charge in [-0.3, -0.25) is 0 Å². The van der Waals surface area contributed by atoms with Crippen molar-refractivity contribution in [3.05, 3.63) is 71.3 Å². The molecule has 0 unspecified atom stereocenters. The molecule has 17 heavy (non-hydrogen) atoms. The van der Waals surface area contributed by atoms with Crippen LogP contribution in [0.15, 0.2) is 54.6 Å². The van der Waals surface area contributed by atoms with Gasteiger partial charge >= 0.3 is 0 Å². The lowest BCUT2D eigenvalue weighted by Gasteiger charge is -2.04. The van der Waals surface area contributed by atoms with E-state index in [2.05, 4.69) is 61.5 Å². The summed E-state index contributed by atoms with van der Waals surface area (Å²) >= 11 is 0. The third kappa shape index (κ3) is 3.74. The molecule has 0 saturated carbocycles. The topological polar surface area (TPSA) is 0 Å². The van der Waals surface area contributed by atoms with Crippen LogP contribution in [0.2, 0.25) is 0 Å². The van der Waals surface area contributed by atoms with E-state index in [1.807, 2.05) is 0 Å². The summed E-state index contributed by atoms with van der Waals surface area (Å²) in [6.07, 6.45) is 4.73. The SMILES string of the molecule is CCc1cccc(CCCc2ccccc2)c1. The Balaban J connectivity index is 1.86. The first kappa shape index (κ1) is 11.9. The molecule has 2 aromatic rings. The smallest absolute Gasteiger partial charge is 0.0276 e. The molecule has 0 radical (unpaired) electrons. The fourth-order valence-corrected chi connectivity index (χ4v) is 2.15. The summed E-state index contributed by atoms with van der Waals surface area (Å²) in [4.78, 5) is 0. The van der Waals surface area contributed by atoms with Crippen molar-refractivity contribution in [2.45, 2.75) is 32.6 Å². The molecule has 0 bridgehead atoms. The minimum atomic E-state index is 1.13. The fraction of sp³-hybridized carbons (Fsp3) is 0.294. The van der Waals surface area contributed by atoms with E-state index in [0.29, 0.717) is 0 Å². The van der Waals surface area contributed by atoms with Gasteiger partial charge in [0.1, 0.15) is 0 Å². The Hall–Kier alpha value is -1.56. The Morgan fingerprint density at radius 3 is 2.12 bits per heavy atom. The van der Waals surface area contributed by atoms with E-state index in [1.165, 1.54) is 36.0 Å². The van der Waals surface area contributed by atoms with Crippen molar-refractivity contribution >= 4 is 0 Å². The monoisotopic (exact) mass is 224 g/mol. The van der Waals surface area contributed by atoms with Crippen molar-refractivity contribution in [3.63, 3.8) is 0 Å². The Morgan fingerprint density at radius 2 is 1.35 bits per heavy atom. The van der Waals surface area contributed by atoms with Crippen LogP contribution in [0.1, 0.15) is 30.0 Å². The average molecular weight is 224 g/mol. The highest BCUT2D eigenvalue weighted by molar-refractivity contribution is 5.23. The highest BCUT2D eigenvalue weighted by atomic mass is 14.0. The molecule has 0 aliphatic rings. The molecule has 0 spiro atoms. The molecule has 0 heterocycles. The van der Waals surface area contributed by atoms with Crippen LogP contribution in [0.25, 0.3) is 0 Å². The fourth-order valence-electron chi connectivity index (χ4n) is 2.15. The molecule has 0 nitrogen and oxygen atoms in total. The molecule has 0 N–H and O–H groups in total. The number of hydrogen-bond acceptors (Lipinski definition) is 0. The van der Waals surface area contributed by atoms with Crippen LogP contribution in [0.5, 0.6) is 0 Å². The quantitative estimate of drug-likeness (QED) is 0.705. The van der Waals surface area contributed by atoms with Crippen molar-refractivity contribution in [2.75, 3.05) is 0 Å². The Labute approximate surface area is 104 Å². The van der Waals surface area contributed by atoms with Gasteiger partial charge < -0.3 is 0 Å². The first-order valence-electron chi connectivity index (χ1n) is 6.50. The van der Waals surface area contributed by atoms with E-state index >= 15 is 0 Å². The first-order chi connectivity index (χ1) is 8.38. The second-order valence-electron chi connectivity index (χ2n) is 4.51. The molecule has 2 aromatic carbocycles. The summed E-state index contributed by atoms with van der Waals surface area (Å²) in [7, 11) is 0. The zero-order chi connectivity index (χ0) is 11.9. The maximum atomic E-state index is 2.34. The third-order valence-electron chi connectivity index (χ3n) is 3.17. The van der Waals surface area contributed by atoms with Gasteiger partial charge in [0.15, 0.2) is 0 Å². The van der Waals surface area contributed by atoms with Gasteiger partial charge in [-0.05, 0) is 42.4 Å². The maximum Gasteiger partial charge on any atom is -0.0276 e. The largest absolute Gasteiger partial charge is 0.0622 e. The third-order valence-corrected chi connectivity index (χ3v) is 3.17. The molecule has 88 valence electrons. The maximum absolute atomic E-state index is 2.34. The van der Waals surface area contributed by atoms with E-state index in [-0.39, 0.29) is 0 Å². The van der Waals surface area contributed by atoms with Gasteiger partial charge in [-0.15, -0.1) is 0 Å². The van der Waals surface area contributed by atoms with Gasteiger partial charge in [0.05, 0.1) is 0 Å². The van der Waals surface area contributed by atoms with Crippen LogP contribution in [0.4, 0.5) is 0 Å². The summed E-state index contributed by atoms with van der Waals surface area (Å²) < 4.78 is 0. The molecule has 0 atom stereocenters. The summed E-state index contributed by atoms with van der Waals surface area (Å²) in [5, 5.41) is 0. The van der Waals surface area contributed by atoms with E-state index in [9.17, 15) is 0 Å². The first-order valence-corrected chi connectivity index (χ1v) is 6.50. The van der Waals surface area contributed by atoms with Crippen LogP contribution in [-0.2, 0) is 19.3 Å². The van der Waals surface area contributed by atoms with Gasteiger partial charge in [0, 0.05) is 0 Å². The van der Waals surface area contributed by atoms with Crippen molar-refractivity contribution in [1.29, 1.82) is 0 Å². The minimum Gasteiger partial charge on any atom is -0.0622 e. The lowest BCUT2D eigenvalue weighted by molar-refractivity contribution is 0.819. The molecule has 0 aromatic heterocycles. The van der Waals surface area contributed by atoms with Crippen LogP contribution in [0, 0.1) is 0 Å². The second kappa shape index (κ2) is 6.24. The van der Waals surface area contributed by atoms with E-state index in [1.54, 1.807) is 0 Å². The Kier molecular flexibility index (Phi) is 4.37. The highest BCUT2D eigenvalue weighted by Gasteiger charge is 1.96. The van der Waals surface area contributed by atoms with E-state index in [4.69, 9.17) is 0 Å². The normalized spacial score (nSPS) is 10.4. The molecular weight excluding hydrogens is 204 g/mol. The van der Waals surface area contributed by atoms with Gasteiger partial charge in [-0.2, -0.15) is 0 Å². The molecular formula is C17H20. The molecule has 0 heteroatoms. The molecule has 0 saturated heterocycles. The van der Waals surface area contributed by atoms with Crippen molar-refractivity contribution in [3.8, 4) is 0 Å². The van der Waals surface area contributed by atoms with Gasteiger partial charge in [-0.25, -0.2) is 0 Å². The number of aryl methyl sites for hydroxylation is 3. The van der Waals surface area contributed by atoms with Crippen LogP contribution in [0.3, 0.4) is 0 Å². The number of hydrogen-bond donors (Lipinski definition) is 0. The molecule has 0 aliphatic heterocycles. The second-order valence-corrected chi connectivity index (χ2v) is 4.51. The lowest BCUT2D eigenvalue weighted by atomic mass is 10.0. The summed E-state index contributed by atoms with van der Waals surface area (Å²) in [6, 6.07) is 19.7. The van der Waals surface area contributed by atoms with E-state index < -0.39 is 0 Å². The highest BCUT2D eigenvalue weighted by Crippen LogP contribution is 2.10. The Morgan fingerprint density at radius 1 is 0.706 bits per heavy atom. The van der Waals surface area contributed by atoms with Gasteiger partial charge in [0.2, 0.25) is 0 Å². The van der Waals surface area contributed by atoms with Gasteiger partial charge in [0.25, 0.3) is 0 Å². The number of rotatable bonds is 5. The standard InChI is InChI=1S/C17H20/c1-2-15-10-6-12-17(14-15)13-7-11-16-8-4-3-5-9-16/h3-6,8-10,12,14H,2,7,11,13H2,1H3. The predicted molar refractivity (Wildman–Crippen MR) is 74.3 cm³/mol. The number of benzene rings is 2. The molecule has 0 fully saturated rings. The Bertz CT molecular complexity index is 443. The van der Waals surface area contributed by atoms with E-state index in [0.717, 1.165) is 6.42 Å². The van der Waals surface area contributed by atoms with Crippen LogP contribution < -0.4 is 0 Å². The zero-order valence-electron chi connectivity index (χ0n) is 10.5. The van der Waals surface area contributed by atoms with Crippen molar-refractivity contribution in [2.24, 2.45) is 0 Å².